The van der Waals surface area contributed by atoms with Gasteiger partial charge in [0.2, 0.25) is 5.90 Å². The Kier molecular flexibility index (Phi) is 3.01. The van der Waals surface area contributed by atoms with E-state index in [-0.39, 0.29) is 0 Å². The first-order chi connectivity index (χ1) is 9.22. The Morgan fingerprint density at radius 1 is 1.21 bits per heavy atom. The number of aryl methyl sites for hydroxylation is 1. The summed E-state index contributed by atoms with van der Waals surface area (Å²) in [6, 6.07) is 11.6. The third kappa shape index (κ3) is 2.48. The lowest BCUT2D eigenvalue weighted by Crippen LogP contribution is -2.05. The van der Waals surface area contributed by atoms with Crippen molar-refractivity contribution >= 4 is 29.3 Å². The van der Waals surface area contributed by atoms with Gasteiger partial charge in [0.25, 0.3) is 0 Å². The number of hydrogen-bond acceptors (Lipinski definition) is 4. The van der Waals surface area contributed by atoms with Gasteiger partial charge in [0.05, 0.1) is 0 Å². The van der Waals surface area contributed by atoms with Crippen molar-refractivity contribution in [2.75, 3.05) is 0 Å². The van der Waals surface area contributed by atoms with E-state index in [1.165, 1.54) is 0 Å². The number of nitrogens with zero attached hydrogens (tertiary/aromatic N) is 1. The Morgan fingerprint density at radius 2 is 2.00 bits per heavy atom. The van der Waals surface area contributed by atoms with Crippen molar-refractivity contribution in [2.45, 2.75) is 6.92 Å². The number of ether oxygens (including phenoxy) is 1. The maximum Gasteiger partial charge on any atom is 0.363 e. The Bertz CT molecular complexity index is 667. The number of carbonyl (C=O) groups is 1. The van der Waals surface area contributed by atoms with Crippen molar-refractivity contribution < 1.29 is 9.53 Å². The summed E-state index contributed by atoms with van der Waals surface area (Å²) in [5.41, 5.74) is 2.31. The van der Waals surface area contributed by atoms with Crippen LogP contribution in [0.25, 0.3) is 6.08 Å². The van der Waals surface area contributed by atoms with Crippen LogP contribution in [0.4, 0.5) is 0 Å². The molecular weight excluding hydrogens is 258 g/mol. The molecule has 0 atom stereocenters. The molecule has 0 fully saturated rings. The second-order valence-corrected chi connectivity index (χ2v) is 5.20. The Hall–Kier alpha value is -2.20. The van der Waals surface area contributed by atoms with Crippen LogP contribution in [0.5, 0.6) is 0 Å². The molecule has 0 saturated carbocycles. The molecule has 0 radical (unpaired) electrons. The van der Waals surface area contributed by atoms with Crippen molar-refractivity contribution in [2.24, 2.45) is 4.99 Å². The van der Waals surface area contributed by atoms with Gasteiger partial charge in [0, 0.05) is 10.4 Å². The highest BCUT2D eigenvalue weighted by Gasteiger charge is 2.23. The van der Waals surface area contributed by atoms with Crippen molar-refractivity contribution in [1.29, 1.82) is 0 Å². The van der Waals surface area contributed by atoms with E-state index in [0.717, 1.165) is 16.0 Å². The summed E-state index contributed by atoms with van der Waals surface area (Å²) < 4.78 is 5.20. The SMILES string of the molecule is Cc1ccc(C2=N/C(=C/c3cccs3)C(=O)O2)cc1. The smallest absolute Gasteiger partial charge is 0.363 e. The van der Waals surface area contributed by atoms with E-state index in [4.69, 9.17) is 4.74 Å². The number of cyclic esters (lactones) is 1. The van der Waals surface area contributed by atoms with Gasteiger partial charge in [-0.3, -0.25) is 0 Å². The minimum absolute atomic E-state index is 0.345. The Morgan fingerprint density at radius 3 is 2.68 bits per heavy atom. The molecule has 2 aromatic rings. The lowest BCUT2D eigenvalue weighted by Gasteiger charge is -1.99. The zero-order valence-corrected chi connectivity index (χ0v) is 11.1. The average molecular weight is 269 g/mol. The van der Waals surface area contributed by atoms with Crippen LogP contribution in [0.2, 0.25) is 0 Å². The fraction of sp³-hybridized carbons (Fsp3) is 0.0667. The summed E-state index contributed by atoms with van der Waals surface area (Å²) in [7, 11) is 0. The number of aliphatic imine (C=N–C) groups is 1. The summed E-state index contributed by atoms with van der Waals surface area (Å²) in [5.74, 6) is -0.0308. The number of benzene rings is 1. The average Bonchev–Trinajstić information content (AvgIpc) is 3.02. The van der Waals surface area contributed by atoms with Gasteiger partial charge in [0.1, 0.15) is 0 Å². The van der Waals surface area contributed by atoms with E-state index in [1.54, 1.807) is 17.4 Å². The molecule has 1 aromatic carbocycles. The molecule has 94 valence electrons. The summed E-state index contributed by atoms with van der Waals surface area (Å²) >= 11 is 1.56. The van der Waals surface area contributed by atoms with Crippen molar-refractivity contribution in [1.82, 2.24) is 0 Å². The topological polar surface area (TPSA) is 38.7 Å². The Balaban J connectivity index is 1.93. The van der Waals surface area contributed by atoms with E-state index in [0.29, 0.717) is 11.6 Å². The van der Waals surface area contributed by atoms with Crippen LogP contribution < -0.4 is 0 Å². The second-order valence-electron chi connectivity index (χ2n) is 4.22. The van der Waals surface area contributed by atoms with Crippen molar-refractivity contribution in [3.05, 3.63) is 63.5 Å². The summed E-state index contributed by atoms with van der Waals surface area (Å²) in [6.45, 7) is 2.01. The largest absolute Gasteiger partial charge is 0.402 e. The molecular formula is C15H11NO2S. The van der Waals surface area contributed by atoms with Gasteiger partial charge >= 0.3 is 5.97 Å². The summed E-state index contributed by atoms with van der Waals surface area (Å²) in [6.07, 6.45) is 1.74. The van der Waals surface area contributed by atoms with Gasteiger partial charge in [-0.1, -0.05) is 23.8 Å². The van der Waals surface area contributed by atoms with Crippen LogP contribution in [0.15, 0.2) is 52.5 Å². The van der Waals surface area contributed by atoms with Crippen LogP contribution in [-0.4, -0.2) is 11.9 Å². The minimum Gasteiger partial charge on any atom is -0.402 e. The number of carbonyl (C=O) groups excluding carboxylic acids is 1. The number of rotatable bonds is 2. The predicted octanol–water partition coefficient (Wildman–Crippen LogP) is 3.40. The first-order valence-electron chi connectivity index (χ1n) is 5.85. The van der Waals surface area contributed by atoms with Crippen LogP contribution in [0.3, 0.4) is 0 Å². The van der Waals surface area contributed by atoms with Crippen molar-refractivity contribution in [3.63, 3.8) is 0 Å². The molecule has 0 bridgehead atoms. The number of hydrogen-bond donors (Lipinski definition) is 0. The minimum atomic E-state index is -0.399. The van der Waals surface area contributed by atoms with Gasteiger partial charge in [-0.2, -0.15) is 0 Å². The van der Waals surface area contributed by atoms with E-state index in [9.17, 15) is 4.79 Å². The summed E-state index contributed by atoms with van der Waals surface area (Å²) in [4.78, 5) is 17.0. The van der Waals surface area contributed by atoms with E-state index in [2.05, 4.69) is 4.99 Å². The zero-order chi connectivity index (χ0) is 13.2. The monoisotopic (exact) mass is 269 g/mol. The van der Waals surface area contributed by atoms with E-state index in [1.807, 2.05) is 48.7 Å². The van der Waals surface area contributed by atoms with Crippen LogP contribution in [-0.2, 0) is 9.53 Å². The normalized spacial score (nSPS) is 16.6. The number of esters is 1. The molecule has 4 heteroatoms. The van der Waals surface area contributed by atoms with Gasteiger partial charge in [-0.25, -0.2) is 9.79 Å². The van der Waals surface area contributed by atoms with Crippen LogP contribution in [0.1, 0.15) is 16.0 Å². The molecule has 1 aromatic heterocycles. The molecule has 0 aliphatic carbocycles. The van der Waals surface area contributed by atoms with Gasteiger partial charge in [-0.05, 0) is 36.6 Å². The fourth-order valence-electron chi connectivity index (χ4n) is 1.74. The second kappa shape index (κ2) is 4.82. The molecule has 0 unspecified atom stereocenters. The van der Waals surface area contributed by atoms with Crippen LogP contribution in [0, 0.1) is 6.92 Å². The lowest BCUT2D eigenvalue weighted by molar-refractivity contribution is -0.129. The predicted molar refractivity (Wildman–Crippen MR) is 76.1 cm³/mol. The highest BCUT2D eigenvalue weighted by Crippen LogP contribution is 2.21. The fourth-order valence-corrected chi connectivity index (χ4v) is 2.39. The van der Waals surface area contributed by atoms with Crippen LogP contribution >= 0.6 is 11.3 Å². The highest BCUT2D eigenvalue weighted by molar-refractivity contribution is 7.10. The van der Waals surface area contributed by atoms with Crippen molar-refractivity contribution in [3.8, 4) is 0 Å². The Labute approximate surface area is 114 Å². The maximum atomic E-state index is 11.8. The first-order valence-corrected chi connectivity index (χ1v) is 6.73. The van der Waals surface area contributed by atoms with E-state index >= 15 is 0 Å². The quantitative estimate of drug-likeness (QED) is 0.619. The molecule has 0 saturated heterocycles. The zero-order valence-electron chi connectivity index (χ0n) is 10.3. The molecule has 1 aliphatic heterocycles. The lowest BCUT2D eigenvalue weighted by atomic mass is 10.1. The molecule has 1 aliphatic rings. The molecule has 19 heavy (non-hydrogen) atoms. The van der Waals surface area contributed by atoms with Gasteiger partial charge in [-0.15, -0.1) is 11.3 Å². The van der Waals surface area contributed by atoms with Gasteiger partial charge in [0.15, 0.2) is 5.70 Å². The summed E-state index contributed by atoms with van der Waals surface area (Å²) in [5, 5.41) is 1.96. The molecule has 2 heterocycles. The first kappa shape index (κ1) is 11.9. The molecule has 0 spiro atoms. The van der Waals surface area contributed by atoms with Gasteiger partial charge < -0.3 is 4.74 Å². The molecule has 3 nitrogen and oxygen atoms in total. The molecule has 0 amide bonds. The molecule has 3 rings (SSSR count). The molecule has 0 N–H and O–H groups in total. The maximum absolute atomic E-state index is 11.8. The highest BCUT2D eigenvalue weighted by atomic mass is 32.1. The van der Waals surface area contributed by atoms with E-state index < -0.39 is 5.97 Å². The third-order valence-corrected chi connectivity index (χ3v) is 3.56. The standard InChI is InChI=1S/C15H11NO2S/c1-10-4-6-11(7-5-10)14-16-13(15(17)18-14)9-12-3-2-8-19-12/h2-9H,1H3/b13-9+. The number of thiophene rings is 1. The third-order valence-electron chi connectivity index (χ3n) is 2.74.